The lowest BCUT2D eigenvalue weighted by Gasteiger charge is -2.01. The molecule has 0 aliphatic rings. The van der Waals surface area contributed by atoms with Gasteiger partial charge in [-0.3, -0.25) is 0 Å². The molecule has 0 bridgehead atoms. The summed E-state index contributed by atoms with van der Waals surface area (Å²) in [5, 5.41) is 16.8. The van der Waals surface area contributed by atoms with E-state index in [0.717, 1.165) is 0 Å². The summed E-state index contributed by atoms with van der Waals surface area (Å²) >= 11 is 0. The van der Waals surface area contributed by atoms with Crippen LogP contribution in [-0.2, 0) is 9.53 Å². The lowest BCUT2D eigenvalue weighted by atomic mass is 10.3. The number of aliphatic hydroxyl groups is 1. The fourth-order valence-corrected chi connectivity index (χ4v) is 1.06. The zero-order valence-corrected chi connectivity index (χ0v) is 9.75. The highest BCUT2D eigenvalue weighted by atomic mass is 16.5. The number of azo groups is 1. The van der Waals surface area contributed by atoms with Gasteiger partial charge in [-0.05, 0) is 26.0 Å². The van der Waals surface area contributed by atoms with Crippen molar-refractivity contribution in [2.75, 3.05) is 6.61 Å². The van der Waals surface area contributed by atoms with Crippen molar-refractivity contribution < 1.29 is 14.6 Å². The van der Waals surface area contributed by atoms with Crippen LogP contribution < -0.4 is 0 Å². The monoisotopic (exact) mass is 234 g/mol. The number of allylic oxidation sites excluding steroid dienone is 1. The zero-order valence-electron chi connectivity index (χ0n) is 9.75. The summed E-state index contributed by atoms with van der Waals surface area (Å²) in [7, 11) is 0. The lowest BCUT2D eigenvalue weighted by molar-refractivity contribution is -0.138. The van der Waals surface area contributed by atoms with Gasteiger partial charge in [0.15, 0.2) is 0 Å². The second kappa shape index (κ2) is 6.42. The first-order valence-corrected chi connectivity index (χ1v) is 5.19. The van der Waals surface area contributed by atoms with Gasteiger partial charge in [0.25, 0.3) is 0 Å². The van der Waals surface area contributed by atoms with E-state index >= 15 is 0 Å². The van der Waals surface area contributed by atoms with Gasteiger partial charge in [-0.2, -0.15) is 5.11 Å². The first-order chi connectivity index (χ1) is 8.15. The van der Waals surface area contributed by atoms with Crippen LogP contribution in [0.3, 0.4) is 0 Å². The Morgan fingerprint density at radius 2 is 2.00 bits per heavy atom. The number of esters is 1. The van der Waals surface area contributed by atoms with Crippen LogP contribution in [0, 0.1) is 0 Å². The number of carbonyl (C=O) groups excluding carboxylic acids is 1. The van der Waals surface area contributed by atoms with Gasteiger partial charge in [0.05, 0.1) is 12.3 Å². The van der Waals surface area contributed by atoms with Gasteiger partial charge in [0.2, 0.25) is 5.70 Å². The Balaban J connectivity index is 2.86. The van der Waals surface area contributed by atoms with Crippen molar-refractivity contribution in [1.82, 2.24) is 0 Å². The van der Waals surface area contributed by atoms with E-state index < -0.39 is 5.97 Å². The molecule has 0 heterocycles. The van der Waals surface area contributed by atoms with Crippen molar-refractivity contribution in [3.63, 3.8) is 0 Å². The maximum Gasteiger partial charge on any atom is 0.362 e. The number of nitrogens with zero attached hydrogens (tertiary/aromatic N) is 2. The molecule has 1 rings (SSSR count). The Morgan fingerprint density at radius 1 is 1.35 bits per heavy atom. The molecule has 0 saturated heterocycles. The molecule has 0 amide bonds. The van der Waals surface area contributed by atoms with E-state index in [0.29, 0.717) is 5.69 Å². The maximum atomic E-state index is 11.4. The molecule has 0 aliphatic heterocycles. The van der Waals surface area contributed by atoms with Crippen molar-refractivity contribution in [2.45, 2.75) is 13.8 Å². The summed E-state index contributed by atoms with van der Waals surface area (Å²) < 4.78 is 4.74. The van der Waals surface area contributed by atoms with E-state index in [4.69, 9.17) is 4.74 Å². The molecular weight excluding hydrogens is 220 g/mol. The average Bonchev–Trinajstić information content (AvgIpc) is 2.30. The Labute approximate surface area is 99.4 Å². The summed E-state index contributed by atoms with van der Waals surface area (Å²) in [6.45, 7) is 3.25. The summed E-state index contributed by atoms with van der Waals surface area (Å²) in [6, 6.07) is 8.91. The molecule has 0 spiro atoms. The predicted molar refractivity (Wildman–Crippen MR) is 62.9 cm³/mol. The van der Waals surface area contributed by atoms with Gasteiger partial charge in [0, 0.05) is 0 Å². The van der Waals surface area contributed by atoms with Crippen LogP contribution in [0.1, 0.15) is 13.8 Å². The molecule has 1 aromatic rings. The minimum absolute atomic E-state index is 0.185. The topological polar surface area (TPSA) is 71.2 Å². The van der Waals surface area contributed by atoms with Crippen molar-refractivity contribution in [3.05, 3.63) is 41.8 Å². The number of aliphatic hydroxyl groups excluding tert-OH is 1. The molecule has 1 N–H and O–H groups in total. The SMILES string of the molecule is CCOC(=O)/C(N=Nc1ccccc1)=C(/C)O. The molecule has 0 fully saturated rings. The van der Waals surface area contributed by atoms with Gasteiger partial charge in [-0.15, -0.1) is 5.11 Å². The largest absolute Gasteiger partial charge is 0.510 e. The van der Waals surface area contributed by atoms with Crippen molar-refractivity contribution in [3.8, 4) is 0 Å². The number of benzene rings is 1. The molecule has 5 heteroatoms. The second-order valence-electron chi connectivity index (χ2n) is 3.19. The van der Waals surface area contributed by atoms with Crippen molar-refractivity contribution in [1.29, 1.82) is 0 Å². The van der Waals surface area contributed by atoms with Crippen LogP contribution in [0.15, 0.2) is 52.0 Å². The third kappa shape index (κ3) is 4.06. The van der Waals surface area contributed by atoms with Crippen LogP contribution in [0.5, 0.6) is 0 Å². The van der Waals surface area contributed by atoms with Crippen molar-refractivity contribution in [2.24, 2.45) is 10.2 Å². The fourth-order valence-electron chi connectivity index (χ4n) is 1.06. The summed E-state index contributed by atoms with van der Waals surface area (Å²) in [6.07, 6.45) is 0. The standard InChI is InChI=1S/C12H14N2O3/c1-3-17-12(16)11(9(2)15)14-13-10-7-5-4-6-8-10/h4-8,15H,3H2,1-2H3/b11-9+,14-13?. The van der Waals surface area contributed by atoms with Crippen LogP contribution in [0.4, 0.5) is 5.69 Å². The Morgan fingerprint density at radius 3 is 2.53 bits per heavy atom. The van der Waals surface area contributed by atoms with Crippen LogP contribution in [-0.4, -0.2) is 17.7 Å². The van der Waals surface area contributed by atoms with Crippen LogP contribution in [0.25, 0.3) is 0 Å². The first kappa shape index (κ1) is 12.9. The van der Waals surface area contributed by atoms with Gasteiger partial charge >= 0.3 is 5.97 Å². The molecule has 0 aliphatic carbocycles. The average molecular weight is 234 g/mol. The van der Waals surface area contributed by atoms with Gasteiger partial charge in [0.1, 0.15) is 5.76 Å². The van der Waals surface area contributed by atoms with E-state index in [1.807, 2.05) is 6.07 Å². The van der Waals surface area contributed by atoms with Gasteiger partial charge in [-0.25, -0.2) is 4.79 Å². The highest BCUT2D eigenvalue weighted by Crippen LogP contribution is 2.14. The number of hydrogen-bond acceptors (Lipinski definition) is 5. The molecule has 5 nitrogen and oxygen atoms in total. The van der Waals surface area contributed by atoms with Gasteiger partial charge in [-0.1, -0.05) is 18.2 Å². The third-order valence-electron chi connectivity index (χ3n) is 1.83. The second-order valence-corrected chi connectivity index (χ2v) is 3.19. The molecule has 0 saturated carbocycles. The van der Waals surface area contributed by atoms with E-state index in [1.54, 1.807) is 31.2 Å². The predicted octanol–water partition coefficient (Wildman–Crippen LogP) is 3.12. The smallest absolute Gasteiger partial charge is 0.362 e. The van der Waals surface area contributed by atoms with E-state index in [1.165, 1.54) is 6.92 Å². The highest BCUT2D eigenvalue weighted by Gasteiger charge is 2.13. The normalized spacial score (nSPS) is 12.4. The fraction of sp³-hybridized carbons (Fsp3) is 0.250. The van der Waals surface area contributed by atoms with Crippen LogP contribution in [0.2, 0.25) is 0 Å². The quantitative estimate of drug-likeness (QED) is 0.376. The summed E-state index contributed by atoms with van der Waals surface area (Å²) in [5.74, 6) is -0.907. The Bertz CT molecular complexity index is 434. The van der Waals surface area contributed by atoms with Gasteiger partial charge < -0.3 is 9.84 Å². The van der Waals surface area contributed by atoms with E-state index in [-0.39, 0.29) is 18.1 Å². The first-order valence-electron chi connectivity index (χ1n) is 5.19. The minimum Gasteiger partial charge on any atom is -0.510 e. The maximum absolute atomic E-state index is 11.4. The molecule has 90 valence electrons. The van der Waals surface area contributed by atoms with Crippen LogP contribution >= 0.6 is 0 Å². The molecule has 0 aromatic heterocycles. The molecule has 17 heavy (non-hydrogen) atoms. The number of hydrogen-bond donors (Lipinski definition) is 1. The molecular formula is C12H14N2O3. The van der Waals surface area contributed by atoms with E-state index in [9.17, 15) is 9.90 Å². The number of ether oxygens (including phenoxy) is 1. The highest BCUT2D eigenvalue weighted by molar-refractivity contribution is 5.88. The Kier molecular flexibility index (Phi) is 4.87. The number of carbonyl (C=O) groups is 1. The molecule has 0 atom stereocenters. The lowest BCUT2D eigenvalue weighted by Crippen LogP contribution is -2.07. The zero-order chi connectivity index (χ0) is 12.7. The van der Waals surface area contributed by atoms with E-state index in [2.05, 4.69) is 10.2 Å². The number of rotatable bonds is 4. The van der Waals surface area contributed by atoms with Crippen molar-refractivity contribution >= 4 is 11.7 Å². The minimum atomic E-state index is -0.688. The third-order valence-corrected chi connectivity index (χ3v) is 1.83. The summed E-state index contributed by atoms with van der Waals surface area (Å²) in [4.78, 5) is 11.4. The summed E-state index contributed by atoms with van der Waals surface area (Å²) in [5.41, 5.74) is 0.409. The molecule has 0 radical (unpaired) electrons. The molecule has 0 unspecified atom stereocenters. The Hall–Kier alpha value is -2.17. The molecule has 1 aromatic carbocycles.